The Morgan fingerprint density at radius 1 is 1.19 bits per heavy atom. The molecule has 0 amide bonds. The molecule has 0 bridgehead atoms. The maximum Gasteiger partial charge on any atom is 0.193 e. The number of nitrogens with one attached hydrogen (secondary N) is 1. The molecule has 144 valence electrons. The maximum atomic E-state index is 4.44. The summed E-state index contributed by atoms with van der Waals surface area (Å²) >= 11 is 0. The van der Waals surface area contributed by atoms with E-state index in [2.05, 4.69) is 74.7 Å². The molecular weight excluding hydrogens is 336 g/mol. The van der Waals surface area contributed by atoms with Crippen molar-refractivity contribution in [3.63, 3.8) is 0 Å². The number of aliphatic imine (C=N–C) groups is 1. The summed E-state index contributed by atoms with van der Waals surface area (Å²) in [5.74, 6) is 0.985. The van der Waals surface area contributed by atoms with E-state index in [4.69, 9.17) is 0 Å². The molecule has 0 unspecified atom stereocenters. The topological polar surface area (TPSA) is 48.7 Å². The number of hydrogen-bond donors (Lipinski definition) is 1. The lowest BCUT2D eigenvalue weighted by molar-refractivity contribution is 0.194. The van der Waals surface area contributed by atoms with Crippen LogP contribution in [0.5, 0.6) is 0 Å². The largest absolute Gasteiger partial charge is 0.354 e. The average molecular weight is 367 g/mol. The SMILES string of the molecule is CN=C(NCCn1cc(C)cn1)N1CCN(C/C=C/c2ccccc2)CC1. The van der Waals surface area contributed by atoms with E-state index in [1.807, 2.05) is 24.0 Å². The van der Waals surface area contributed by atoms with E-state index in [1.165, 1.54) is 11.1 Å². The molecule has 1 aliphatic rings. The Hall–Kier alpha value is -2.60. The van der Waals surface area contributed by atoms with Crippen LogP contribution in [-0.4, -0.2) is 71.9 Å². The monoisotopic (exact) mass is 366 g/mol. The van der Waals surface area contributed by atoms with Gasteiger partial charge in [0.05, 0.1) is 12.7 Å². The van der Waals surface area contributed by atoms with Gasteiger partial charge in [-0.2, -0.15) is 5.10 Å². The fraction of sp³-hybridized carbons (Fsp3) is 0.429. The van der Waals surface area contributed by atoms with Gasteiger partial charge in [-0.05, 0) is 18.1 Å². The van der Waals surface area contributed by atoms with Crippen LogP contribution in [-0.2, 0) is 6.54 Å². The Balaban J connectivity index is 1.38. The number of piperazine rings is 1. The molecule has 2 aromatic rings. The van der Waals surface area contributed by atoms with Gasteiger partial charge >= 0.3 is 0 Å². The van der Waals surface area contributed by atoms with Crippen LogP contribution in [0.25, 0.3) is 6.08 Å². The van der Waals surface area contributed by atoms with E-state index in [-0.39, 0.29) is 0 Å². The Labute approximate surface area is 162 Å². The van der Waals surface area contributed by atoms with Crippen LogP contribution in [0.15, 0.2) is 53.8 Å². The molecule has 1 saturated heterocycles. The lowest BCUT2D eigenvalue weighted by Gasteiger charge is -2.36. The van der Waals surface area contributed by atoms with E-state index in [0.29, 0.717) is 0 Å². The van der Waals surface area contributed by atoms with Crippen molar-refractivity contribution < 1.29 is 0 Å². The van der Waals surface area contributed by atoms with Crippen LogP contribution in [0, 0.1) is 6.92 Å². The highest BCUT2D eigenvalue weighted by Crippen LogP contribution is 2.05. The van der Waals surface area contributed by atoms with Crippen molar-refractivity contribution in [1.29, 1.82) is 0 Å². The second-order valence-corrected chi connectivity index (χ2v) is 6.86. The van der Waals surface area contributed by atoms with Crippen molar-refractivity contribution in [2.75, 3.05) is 46.3 Å². The first-order chi connectivity index (χ1) is 13.2. The van der Waals surface area contributed by atoms with Crippen LogP contribution >= 0.6 is 0 Å². The zero-order valence-corrected chi connectivity index (χ0v) is 16.4. The Morgan fingerprint density at radius 2 is 1.96 bits per heavy atom. The van der Waals surface area contributed by atoms with E-state index in [1.54, 1.807) is 0 Å². The number of benzene rings is 1. The molecule has 0 atom stereocenters. The van der Waals surface area contributed by atoms with Gasteiger partial charge in [0.1, 0.15) is 0 Å². The molecule has 1 aromatic carbocycles. The van der Waals surface area contributed by atoms with Crippen LogP contribution in [0.3, 0.4) is 0 Å². The van der Waals surface area contributed by atoms with Gasteiger partial charge in [-0.1, -0.05) is 42.5 Å². The first-order valence-corrected chi connectivity index (χ1v) is 9.63. The highest BCUT2D eigenvalue weighted by atomic mass is 15.4. The number of rotatable bonds is 6. The molecule has 1 N–H and O–H groups in total. The molecule has 1 fully saturated rings. The van der Waals surface area contributed by atoms with Crippen molar-refractivity contribution in [3.8, 4) is 0 Å². The van der Waals surface area contributed by atoms with Crippen molar-refractivity contribution in [2.45, 2.75) is 13.5 Å². The minimum atomic E-state index is 0.827. The molecule has 3 rings (SSSR count). The fourth-order valence-corrected chi connectivity index (χ4v) is 3.25. The summed E-state index contributed by atoms with van der Waals surface area (Å²) in [6.07, 6.45) is 8.40. The summed E-state index contributed by atoms with van der Waals surface area (Å²) < 4.78 is 1.96. The van der Waals surface area contributed by atoms with Crippen molar-refractivity contribution in [2.24, 2.45) is 4.99 Å². The van der Waals surface area contributed by atoms with Gasteiger partial charge in [-0.3, -0.25) is 14.6 Å². The number of guanidine groups is 1. The maximum absolute atomic E-state index is 4.44. The molecular formula is C21H30N6. The Kier molecular flexibility index (Phi) is 7.04. The van der Waals surface area contributed by atoms with Gasteiger partial charge in [0.2, 0.25) is 0 Å². The molecule has 2 heterocycles. The summed E-state index contributed by atoms with van der Waals surface area (Å²) in [7, 11) is 1.86. The van der Waals surface area contributed by atoms with Gasteiger partial charge in [0.25, 0.3) is 0 Å². The molecule has 0 spiro atoms. The van der Waals surface area contributed by atoms with E-state index < -0.39 is 0 Å². The average Bonchev–Trinajstić information content (AvgIpc) is 3.12. The highest BCUT2D eigenvalue weighted by Gasteiger charge is 2.18. The van der Waals surface area contributed by atoms with Crippen molar-refractivity contribution >= 4 is 12.0 Å². The van der Waals surface area contributed by atoms with Crippen LogP contribution in [0.2, 0.25) is 0 Å². The zero-order chi connectivity index (χ0) is 18.9. The minimum Gasteiger partial charge on any atom is -0.354 e. The standard InChI is InChI=1S/C21H30N6/c1-19-17-24-27(18-19)12-10-23-21(22-2)26-15-13-25(14-16-26)11-6-9-20-7-4-3-5-8-20/h3-9,17-18H,10-16H2,1-2H3,(H,22,23)/b9-6+. The Morgan fingerprint density at radius 3 is 2.63 bits per heavy atom. The third-order valence-electron chi connectivity index (χ3n) is 4.74. The van der Waals surface area contributed by atoms with Crippen molar-refractivity contribution in [3.05, 3.63) is 59.9 Å². The Bertz CT molecular complexity index is 741. The van der Waals surface area contributed by atoms with Gasteiger partial charge in [0.15, 0.2) is 5.96 Å². The number of aryl methyl sites for hydroxylation is 1. The number of aromatic nitrogens is 2. The summed E-state index contributed by atoms with van der Waals surface area (Å²) in [6.45, 7) is 8.83. The van der Waals surface area contributed by atoms with Crippen molar-refractivity contribution in [1.82, 2.24) is 24.9 Å². The molecule has 27 heavy (non-hydrogen) atoms. The van der Waals surface area contributed by atoms with Crippen LogP contribution < -0.4 is 5.32 Å². The van der Waals surface area contributed by atoms with Gasteiger partial charge in [-0.25, -0.2) is 0 Å². The minimum absolute atomic E-state index is 0.827. The van der Waals surface area contributed by atoms with Crippen LogP contribution in [0.1, 0.15) is 11.1 Å². The van der Waals surface area contributed by atoms with Crippen LogP contribution in [0.4, 0.5) is 0 Å². The summed E-state index contributed by atoms with van der Waals surface area (Å²) in [5.41, 5.74) is 2.45. The first-order valence-electron chi connectivity index (χ1n) is 9.63. The van der Waals surface area contributed by atoms with E-state index in [0.717, 1.165) is 51.8 Å². The zero-order valence-electron chi connectivity index (χ0n) is 16.4. The third kappa shape index (κ3) is 5.96. The second kappa shape index (κ2) is 9.92. The van der Waals surface area contributed by atoms with Gasteiger partial charge in [-0.15, -0.1) is 0 Å². The van der Waals surface area contributed by atoms with Gasteiger partial charge < -0.3 is 10.2 Å². The fourth-order valence-electron chi connectivity index (χ4n) is 3.25. The molecule has 1 aliphatic heterocycles. The lowest BCUT2D eigenvalue weighted by Crippen LogP contribution is -2.52. The quantitative estimate of drug-likeness (QED) is 0.628. The molecule has 6 heteroatoms. The number of hydrogen-bond acceptors (Lipinski definition) is 3. The smallest absolute Gasteiger partial charge is 0.193 e. The highest BCUT2D eigenvalue weighted by molar-refractivity contribution is 5.79. The second-order valence-electron chi connectivity index (χ2n) is 6.86. The summed E-state index contributed by atoms with van der Waals surface area (Å²) in [5, 5.41) is 7.78. The summed E-state index contributed by atoms with van der Waals surface area (Å²) in [4.78, 5) is 9.27. The predicted octanol–water partition coefficient (Wildman–Crippen LogP) is 2.10. The number of nitrogens with zero attached hydrogens (tertiary/aromatic N) is 5. The van der Waals surface area contributed by atoms with E-state index in [9.17, 15) is 0 Å². The molecule has 0 aliphatic carbocycles. The van der Waals surface area contributed by atoms with Gasteiger partial charge in [0, 0.05) is 52.5 Å². The lowest BCUT2D eigenvalue weighted by atomic mass is 10.2. The molecule has 0 saturated carbocycles. The summed E-state index contributed by atoms with van der Waals surface area (Å²) in [6, 6.07) is 10.5. The first kappa shape index (κ1) is 19.2. The molecule has 0 radical (unpaired) electrons. The molecule has 6 nitrogen and oxygen atoms in total. The predicted molar refractivity (Wildman–Crippen MR) is 112 cm³/mol. The van der Waals surface area contributed by atoms with E-state index >= 15 is 0 Å². The normalized spacial score (nSPS) is 16.2. The third-order valence-corrected chi connectivity index (χ3v) is 4.74. The molecule has 1 aromatic heterocycles.